The van der Waals surface area contributed by atoms with Crippen molar-refractivity contribution in [1.29, 1.82) is 0 Å². The van der Waals surface area contributed by atoms with Gasteiger partial charge >= 0.3 is 0 Å². The standard InChI is InChI=1S/C24H25N5O2/c1-14(2)15-4-6-17(7-5-15)23-22-20(25-24-26-27-28-29(23)24)12-18(13-21(22)30)16-8-10-19(31-3)11-9-16/h4-11,14,18,23H,12-13H2,1-3H3,(H,25,26,28)/t18-,23+/m1/s1. The van der Waals surface area contributed by atoms with Gasteiger partial charge in [-0.05, 0) is 57.5 Å². The summed E-state index contributed by atoms with van der Waals surface area (Å²) in [5, 5.41) is 15.5. The molecule has 7 heteroatoms. The first-order valence-electron chi connectivity index (χ1n) is 10.6. The molecule has 0 spiro atoms. The van der Waals surface area contributed by atoms with Crippen LogP contribution in [0, 0.1) is 0 Å². The average Bonchev–Trinajstić information content (AvgIpc) is 3.26. The van der Waals surface area contributed by atoms with Crippen molar-refractivity contribution >= 4 is 11.7 Å². The van der Waals surface area contributed by atoms with Crippen molar-refractivity contribution in [1.82, 2.24) is 20.2 Å². The number of Topliss-reactive ketones (excluding diaryl/α,β-unsaturated/α-hetero) is 1. The summed E-state index contributed by atoms with van der Waals surface area (Å²) in [7, 11) is 1.65. The Morgan fingerprint density at radius 2 is 1.74 bits per heavy atom. The highest BCUT2D eigenvalue weighted by Gasteiger charge is 2.39. The lowest BCUT2D eigenvalue weighted by atomic mass is 9.78. The Bertz CT molecular complexity index is 1150. The molecule has 1 N–H and O–H groups in total. The first-order chi connectivity index (χ1) is 15.0. The Labute approximate surface area is 181 Å². The van der Waals surface area contributed by atoms with Gasteiger partial charge in [-0.3, -0.25) is 4.79 Å². The molecule has 0 fully saturated rings. The lowest BCUT2D eigenvalue weighted by Crippen LogP contribution is -2.33. The number of benzene rings is 2. The number of carbonyl (C=O) groups excluding carboxylic acids is 1. The van der Waals surface area contributed by atoms with Gasteiger partial charge in [-0.1, -0.05) is 55.3 Å². The van der Waals surface area contributed by atoms with Crippen LogP contribution in [0.1, 0.15) is 61.3 Å². The van der Waals surface area contributed by atoms with E-state index in [1.807, 2.05) is 24.3 Å². The quantitative estimate of drug-likeness (QED) is 0.687. The van der Waals surface area contributed by atoms with Crippen LogP contribution in [0.3, 0.4) is 0 Å². The van der Waals surface area contributed by atoms with E-state index >= 15 is 0 Å². The second-order valence-electron chi connectivity index (χ2n) is 8.49. The number of tetrazole rings is 1. The van der Waals surface area contributed by atoms with E-state index in [1.54, 1.807) is 11.8 Å². The molecule has 5 rings (SSSR count). The Morgan fingerprint density at radius 3 is 2.42 bits per heavy atom. The van der Waals surface area contributed by atoms with Crippen LogP contribution in [0.5, 0.6) is 5.75 Å². The number of aromatic nitrogens is 4. The van der Waals surface area contributed by atoms with Crippen LogP contribution in [-0.4, -0.2) is 33.1 Å². The van der Waals surface area contributed by atoms with Crippen LogP contribution in [0.4, 0.5) is 5.95 Å². The first-order valence-corrected chi connectivity index (χ1v) is 10.6. The van der Waals surface area contributed by atoms with Crippen molar-refractivity contribution < 1.29 is 9.53 Å². The summed E-state index contributed by atoms with van der Waals surface area (Å²) >= 11 is 0. The Hall–Kier alpha value is -3.48. The average molecular weight is 415 g/mol. The zero-order valence-electron chi connectivity index (χ0n) is 17.9. The summed E-state index contributed by atoms with van der Waals surface area (Å²) in [6.07, 6.45) is 1.20. The fourth-order valence-corrected chi connectivity index (χ4v) is 4.56. The normalized spacial score (nSPS) is 20.3. The number of carbonyl (C=O) groups is 1. The third kappa shape index (κ3) is 3.40. The molecule has 158 valence electrons. The minimum absolute atomic E-state index is 0.107. The van der Waals surface area contributed by atoms with Gasteiger partial charge in [-0.25, -0.2) is 0 Å². The number of allylic oxidation sites excluding steroid dienone is 2. The highest BCUT2D eigenvalue weighted by atomic mass is 16.5. The summed E-state index contributed by atoms with van der Waals surface area (Å²) < 4.78 is 6.98. The predicted octanol–water partition coefficient (Wildman–Crippen LogP) is 4.22. The van der Waals surface area contributed by atoms with Gasteiger partial charge in [0.1, 0.15) is 11.8 Å². The maximum absolute atomic E-state index is 13.4. The Kier molecular flexibility index (Phi) is 4.81. The molecule has 0 bridgehead atoms. The van der Waals surface area contributed by atoms with Gasteiger partial charge in [0.15, 0.2) is 5.78 Å². The molecular weight excluding hydrogens is 390 g/mol. The predicted molar refractivity (Wildman–Crippen MR) is 117 cm³/mol. The Balaban J connectivity index is 1.53. The minimum Gasteiger partial charge on any atom is -0.497 e. The zero-order valence-corrected chi connectivity index (χ0v) is 17.9. The highest BCUT2D eigenvalue weighted by molar-refractivity contribution is 6.00. The number of ether oxygens (including phenoxy) is 1. The molecule has 0 amide bonds. The number of hydrogen-bond acceptors (Lipinski definition) is 6. The largest absolute Gasteiger partial charge is 0.497 e. The van der Waals surface area contributed by atoms with Crippen molar-refractivity contribution in [2.24, 2.45) is 0 Å². The van der Waals surface area contributed by atoms with Crippen molar-refractivity contribution in [3.8, 4) is 5.75 Å². The number of fused-ring (bicyclic) bond motifs is 1. The van der Waals surface area contributed by atoms with Gasteiger partial charge in [0.2, 0.25) is 5.95 Å². The molecule has 7 nitrogen and oxygen atoms in total. The van der Waals surface area contributed by atoms with E-state index in [0.717, 1.165) is 34.6 Å². The number of rotatable bonds is 4. The van der Waals surface area contributed by atoms with Crippen molar-refractivity contribution in [3.63, 3.8) is 0 Å². The number of anilines is 1. The van der Waals surface area contributed by atoms with Gasteiger partial charge in [0.25, 0.3) is 0 Å². The van der Waals surface area contributed by atoms with Gasteiger partial charge < -0.3 is 10.1 Å². The molecule has 1 aliphatic heterocycles. The number of nitrogens with zero attached hydrogens (tertiary/aromatic N) is 4. The van der Waals surface area contributed by atoms with E-state index in [1.165, 1.54) is 5.56 Å². The highest BCUT2D eigenvalue weighted by Crippen LogP contribution is 2.43. The van der Waals surface area contributed by atoms with Crippen molar-refractivity contribution in [2.75, 3.05) is 12.4 Å². The molecule has 0 saturated heterocycles. The number of hydrogen-bond donors (Lipinski definition) is 1. The maximum Gasteiger partial charge on any atom is 0.248 e. The zero-order chi connectivity index (χ0) is 21.5. The first kappa shape index (κ1) is 19.5. The molecule has 0 unspecified atom stereocenters. The summed E-state index contributed by atoms with van der Waals surface area (Å²) in [5.74, 6) is 2.07. The molecule has 0 radical (unpaired) electrons. The fourth-order valence-electron chi connectivity index (χ4n) is 4.56. The molecule has 2 aromatic carbocycles. The molecule has 2 aliphatic rings. The molecule has 2 atom stereocenters. The Morgan fingerprint density at radius 1 is 1.03 bits per heavy atom. The van der Waals surface area contributed by atoms with E-state index in [-0.39, 0.29) is 17.7 Å². The summed E-state index contributed by atoms with van der Waals surface area (Å²) in [6.45, 7) is 4.34. The monoisotopic (exact) mass is 415 g/mol. The van der Waals surface area contributed by atoms with Crippen LogP contribution in [0.25, 0.3) is 0 Å². The van der Waals surface area contributed by atoms with Crippen LogP contribution in [-0.2, 0) is 4.79 Å². The summed E-state index contributed by atoms with van der Waals surface area (Å²) in [5.41, 5.74) is 5.09. The van der Waals surface area contributed by atoms with Crippen LogP contribution in [0.15, 0.2) is 59.8 Å². The third-order valence-electron chi connectivity index (χ3n) is 6.29. The smallest absolute Gasteiger partial charge is 0.248 e. The van der Waals surface area contributed by atoms with Gasteiger partial charge in [-0.15, -0.1) is 0 Å². The van der Waals surface area contributed by atoms with Crippen LogP contribution in [0.2, 0.25) is 0 Å². The number of nitrogens with one attached hydrogen (secondary N) is 1. The van der Waals surface area contributed by atoms with Gasteiger partial charge in [0.05, 0.1) is 7.11 Å². The van der Waals surface area contributed by atoms with E-state index in [4.69, 9.17) is 4.74 Å². The second-order valence-corrected chi connectivity index (χ2v) is 8.49. The number of methoxy groups -OCH3 is 1. The van der Waals surface area contributed by atoms with E-state index in [0.29, 0.717) is 18.3 Å². The van der Waals surface area contributed by atoms with Crippen LogP contribution >= 0.6 is 0 Å². The molecule has 2 heterocycles. The molecule has 1 aromatic heterocycles. The summed E-state index contributed by atoms with van der Waals surface area (Å²) in [4.78, 5) is 13.4. The second kappa shape index (κ2) is 7.65. The molecule has 0 saturated carbocycles. The van der Waals surface area contributed by atoms with Gasteiger partial charge in [-0.2, -0.15) is 4.68 Å². The van der Waals surface area contributed by atoms with Crippen LogP contribution < -0.4 is 10.1 Å². The van der Waals surface area contributed by atoms with E-state index in [9.17, 15) is 4.79 Å². The van der Waals surface area contributed by atoms with Crippen molar-refractivity contribution in [3.05, 3.63) is 76.5 Å². The molecule has 31 heavy (non-hydrogen) atoms. The summed E-state index contributed by atoms with van der Waals surface area (Å²) in [6, 6.07) is 16.1. The molecule has 3 aromatic rings. The molecular formula is C24H25N5O2. The van der Waals surface area contributed by atoms with E-state index in [2.05, 4.69) is 59.0 Å². The van der Waals surface area contributed by atoms with Gasteiger partial charge in [0, 0.05) is 17.7 Å². The third-order valence-corrected chi connectivity index (χ3v) is 6.29. The lowest BCUT2D eigenvalue weighted by Gasteiger charge is -2.34. The fraction of sp³-hybridized carbons (Fsp3) is 0.333. The SMILES string of the molecule is COc1ccc([C@H]2CC(=O)C3=C(C2)Nc2nnnn2[C@H]3c2ccc(C(C)C)cc2)cc1. The number of ketones is 1. The lowest BCUT2D eigenvalue weighted by molar-refractivity contribution is -0.116. The topological polar surface area (TPSA) is 81.9 Å². The van der Waals surface area contributed by atoms with Crippen molar-refractivity contribution in [2.45, 2.75) is 44.6 Å². The van der Waals surface area contributed by atoms with E-state index < -0.39 is 0 Å². The minimum atomic E-state index is -0.313. The molecule has 1 aliphatic carbocycles. The maximum atomic E-state index is 13.4.